The number of fused-ring (bicyclic) bond motifs is 1. The summed E-state index contributed by atoms with van der Waals surface area (Å²) < 4.78 is 0. The van der Waals surface area contributed by atoms with Gasteiger partial charge in [-0.1, -0.05) is 24.3 Å². The van der Waals surface area contributed by atoms with E-state index >= 15 is 0 Å². The molecule has 0 aliphatic heterocycles. The molecule has 2 heterocycles. The number of nitrogens with zero attached hydrogens (tertiary/aromatic N) is 2. The summed E-state index contributed by atoms with van der Waals surface area (Å²) in [5.74, 6) is 0.441. The Kier molecular flexibility index (Phi) is 3.47. The van der Waals surface area contributed by atoms with Gasteiger partial charge >= 0.3 is 0 Å². The number of carbonyl (C=O) groups is 1. The van der Waals surface area contributed by atoms with Crippen LogP contribution >= 0.6 is 0 Å². The third-order valence-corrected chi connectivity index (χ3v) is 3.15. The maximum absolute atomic E-state index is 12.3. The van der Waals surface area contributed by atoms with Crippen LogP contribution in [0.3, 0.4) is 0 Å². The van der Waals surface area contributed by atoms with Crippen molar-refractivity contribution in [2.45, 2.75) is 0 Å². The van der Waals surface area contributed by atoms with Gasteiger partial charge in [0.15, 0.2) is 0 Å². The Balaban J connectivity index is 1.98. The minimum Gasteiger partial charge on any atom is -0.373 e. The Labute approximate surface area is 122 Å². The number of rotatable bonds is 3. The average molecular weight is 278 g/mol. The number of benzene rings is 1. The molecule has 0 atom stereocenters. The van der Waals surface area contributed by atoms with Crippen molar-refractivity contribution in [1.29, 1.82) is 0 Å². The molecule has 2 aromatic heterocycles. The van der Waals surface area contributed by atoms with Gasteiger partial charge in [0.05, 0.1) is 0 Å². The van der Waals surface area contributed by atoms with Gasteiger partial charge in [-0.05, 0) is 23.6 Å². The highest BCUT2D eigenvalue weighted by Crippen LogP contribution is 2.22. The summed E-state index contributed by atoms with van der Waals surface area (Å²) in [7, 11) is 1.79. The number of hydrogen-bond donors (Lipinski definition) is 2. The number of amides is 1. The molecule has 0 aliphatic rings. The van der Waals surface area contributed by atoms with Crippen LogP contribution in [-0.4, -0.2) is 22.9 Å². The lowest BCUT2D eigenvalue weighted by molar-refractivity contribution is 0.102. The molecule has 21 heavy (non-hydrogen) atoms. The molecule has 0 bridgehead atoms. The van der Waals surface area contributed by atoms with Crippen LogP contribution in [0.4, 0.5) is 11.5 Å². The summed E-state index contributed by atoms with van der Waals surface area (Å²) >= 11 is 0. The molecule has 0 saturated carbocycles. The van der Waals surface area contributed by atoms with Gasteiger partial charge in [0.2, 0.25) is 0 Å². The lowest BCUT2D eigenvalue weighted by Gasteiger charge is -2.09. The van der Waals surface area contributed by atoms with E-state index in [1.165, 1.54) is 0 Å². The first-order chi connectivity index (χ1) is 10.3. The molecule has 0 aliphatic carbocycles. The maximum atomic E-state index is 12.3. The largest absolute Gasteiger partial charge is 0.373 e. The van der Waals surface area contributed by atoms with Crippen LogP contribution in [0.1, 0.15) is 10.5 Å². The molecular weight excluding hydrogens is 264 g/mol. The highest BCUT2D eigenvalue weighted by molar-refractivity contribution is 6.06. The normalized spacial score (nSPS) is 10.3. The Morgan fingerprint density at radius 2 is 1.86 bits per heavy atom. The standard InChI is InChI=1S/C16H14N4O/c1-17-15-13-5-3-2-4-11(13)10-14(20-15)16(21)19-12-6-8-18-9-7-12/h2-10H,1H3,(H,17,20)(H,18,19,21). The fourth-order valence-electron chi connectivity index (χ4n) is 2.14. The quantitative estimate of drug-likeness (QED) is 0.773. The number of hydrogen-bond acceptors (Lipinski definition) is 4. The molecule has 0 unspecified atom stereocenters. The molecule has 0 fully saturated rings. The summed E-state index contributed by atoms with van der Waals surface area (Å²) in [6, 6.07) is 13.1. The molecule has 3 aromatic rings. The molecule has 1 amide bonds. The Morgan fingerprint density at radius 1 is 1.10 bits per heavy atom. The summed E-state index contributed by atoms with van der Waals surface area (Å²) in [6.45, 7) is 0. The molecule has 5 heteroatoms. The highest BCUT2D eigenvalue weighted by atomic mass is 16.1. The fraction of sp³-hybridized carbons (Fsp3) is 0.0625. The topological polar surface area (TPSA) is 66.9 Å². The zero-order valence-corrected chi connectivity index (χ0v) is 11.5. The van der Waals surface area contributed by atoms with Crippen molar-refractivity contribution in [1.82, 2.24) is 9.97 Å². The van der Waals surface area contributed by atoms with Crippen molar-refractivity contribution in [3.05, 3.63) is 60.6 Å². The smallest absolute Gasteiger partial charge is 0.274 e. The molecule has 0 spiro atoms. The zero-order valence-electron chi connectivity index (χ0n) is 11.5. The van der Waals surface area contributed by atoms with Gasteiger partial charge in [-0.25, -0.2) is 4.98 Å². The Bertz CT molecular complexity index is 787. The first-order valence-corrected chi connectivity index (χ1v) is 6.57. The highest BCUT2D eigenvalue weighted by Gasteiger charge is 2.11. The van der Waals surface area contributed by atoms with Crippen molar-refractivity contribution in [2.24, 2.45) is 0 Å². The molecule has 104 valence electrons. The van der Waals surface area contributed by atoms with E-state index in [0.29, 0.717) is 17.2 Å². The zero-order chi connectivity index (χ0) is 14.7. The van der Waals surface area contributed by atoms with Crippen LogP contribution in [0.25, 0.3) is 10.8 Å². The lowest BCUT2D eigenvalue weighted by atomic mass is 10.1. The van der Waals surface area contributed by atoms with E-state index < -0.39 is 0 Å². The van der Waals surface area contributed by atoms with Gasteiger partial charge in [0.1, 0.15) is 11.5 Å². The van der Waals surface area contributed by atoms with Crippen molar-refractivity contribution in [3.63, 3.8) is 0 Å². The molecule has 0 radical (unpaired) electrons. The SMILES string of the molecule is CNc1nc(C(=O)Nc2ccncc2)cc2ccccc12. The van der Waals surface area contributed by atoms with Crippen LogP contribution in [0.5, 0.6) is 0 Å². The predicted octanol–water partition coefficient (Wildman–Crippen LogP) is 2.92. The number of anilines is 2. The van der Waals surface area contributed by atoms with Gasteiger partial charge < -0.3 is 10.6 Å². The van der Waals surface area contributed by atoms with E-state index in [0.717, 1.165) is 10.8 Å². The Hall–Kier alpha value is -2.95. The van der Waals surface area contributed by atoms with Gasteiger partial charge in [-0.2, -0.15) is 0 Å². The van der Waals surface area contributed by atoms with Crippen LogP contribution in [0.15, 0.2) is 54.9 Å². The molecule has 5 nitrogen and oxygen atoms in total. The second-order valence-corrected chi connectivity index (χ2v) is 4.52. The van der Waals surface area contributed by atoms with E-state index in [4.69, 9.17) is 0 Å². The second-order valence-electron chi connectivity index (χ2n) is 4.52. The number of carbonyl (C=O) groups excluding carboxylic acids is 1. The summed E-state index contributed by atoms with van der Waals surface area (Å²) in [5, 5.41) is 7.79. The monoisotopic (exact) mass is 278 g/mol. The first kappa shape index (κ1) is 13.1. The minimum atomic E-state index is -0.247. The van der Waals surface area contributed by atoms with E-state index in [-0.39, 0.29) is 5.91 Å². The Morgan fingerprint density at radius 3 is 2.62 bits per heavy atom. The van der Waals surface area contributed by atoms with Gasteiger partial charge in [0, 0.05) is 30.5 Å². The van der Waals surface area contributed by atoms with Crippen LogP contribution in [0, 0.1) is 0 Å². The number of pyridine rings is 2. The van der Waals surface area contributed by atoms with Gasteiger partial charge in [0.25, 0.3) is 5.91 Å². The van der Waals surface area contributed by atoms with Crippen molar-refractivity contribution < 1.29 is 4.79 Å². The van der Waals surface area contributed by atoms with E-state index in [9.17, 15) is 4.79 Å². The molecular formula is C16H14N4O. The number of nitrogens with one attached hydrogen (secondary N) is 2. The first-order valence-electron chi connectivity index (χ1n) is 6.57. The third-order valence-electron chi connectivity index (χ3n) is 3.15. The summed E-state index contributed by atoms with van der Waals surface area (Å²) in [4.78, 5) is 20.6. The van der Waals surface area contributed by atoms with Crippen molar-refractivity contribution >= 4 is 28.2 Å². The van der Waals surface area contributed by atoms with E-state index in [1.807, 2.05) is 24.3 Å². The average Bonchev–Trinajstić information content (AvgIpc) is 2.54. The van der Waals surface area contributed by atoms with Crippen molar-refractivity contribution in [3.8, 4) is 0 Å². The summed E-state index contributed by atoms with van der Waals surface area (Å²) in [6.07, 6.45) is 3.25. The molecule has 1 aromatic carbocycles. The second kappa shape index (κ2) is 5.58. The third kappa shape index (κ3) is 2.67. The van der Waals surface area contributed by atoms with E-state index in [1.54, 1.807) is 37.6 Å². The van der Waals surface area contributed by atoms with Crippen LogP contribution in [0.2, 0.25) is 0 Å². The summed E-state index contributed by atoms with van der Waals surface area (Å²) in [5.41, 5.74) is 1.06. The molecule has 3 rings (SSSR count). The minimum absolute atomic E-state index is 0.247. The van der Waals surface area contributed by atoms with Gasteiger partial charge in [-0.3, -0.25) is 9.78 Å². The lowest BCUT2D eigenvalue weighted by Crippen LogP contribution is -2.14. The molecule has 2 N–H and O–H groups in total. The van der Waals surface area contributed by atoms with Gasteiger partial charge in [-0.15, -0.1) is 0 Å². The molecule has 0 saturated heterocycles. The predicted molar refractivity (Wildman–Crippen MR) is 83.5 cm³/mol. The van der Waals surface area contributed by atoms with Crippen molar-refractivity contribution in [2.75, 3.05) is 17.7 Å². The fourth-order valence-corrected chi connectivity index (χ4v) is 2.14. The van der Waals surface area contributed by atoms with Crippen LogP contribution in [-0.2, 0) is 0 Å². The van der Waals surface area contributed by atoms with Crippen LogP contribution < -0.4 is 10.6 Å². The number of aromatic nitrogens is 2. The van der Waals surface area contributed by atoms with E-state index in [2.05, 4.69) is 20.6 Å². The maximum Gasteiger partial charge on any atom is 0.274 e.